The first kappa shape index (κ1) is 25.7. The Hall–Kier alpha value is -3.40. The maximum Gasteiger partial charge on any atom is 0.321 e. The molecule has 3 aromatic rings. The predicted molar refractivity (Wildman–Crippen MR) is 141 cm³/mol. The molecule has 1 aliphatic heterocycles. The summed E-state index contributed by atoms with van der Waals surface area (Å²) in [6.45, 7) is 3.29. The number of urea groups is 1. The molecule has 4 rings (SSSR count). The van der Waals surface area contributed by atoms with Crippen molar-refractivity contribution < 1.29 is 14.3 Å². The molecule has 0 bridgehead atoms. The van der Waals surface area contributed by atoms with Gasteiger partial charge in [0.1, 0.15) is 0 Å². The Morgan fingerprint density at radius 3 is 2.42 bits per heavy atom. The summed E-state index contributed by atoms with van der Waals surface area (Å²) in [5, 5.41) is 9.52. The molecule has 0 spiro atoms. The van der Waals surface area contributed by atoms with E-state index in [2.05, 4.69) is 25.9 Å². The summed E-state index contributed by atoms with van der Waals surface area (Å²) in [6.07, 6.45) is 2.33. The monoisotopic (exact) mass is 528 g/mol. The molecule has 0 aliphatic carbocycles. The Bertz CT molecular complexity index is 1180. The summed E-state index contributed by atoms with van der Waals surface area (Å²) in [5.41, 5.74) is 2.63. The number of rotatable bonds is 8. The van der Waals surface area contributed by atoms with E-state index in [1.807, 2.05) is 30.3 Å². The average Bonchev–Trinajstić information content (AvgIpc) is 2.89. The molecule has 0 atom stereocenters. The number of ether oxygens (including phenoxy) is 1. The summed E-state index contributed by atoms with van der Waals surface area (Å²) in [4.78, 5) is 35.2. The molecule has 0 saturated carbocycles. The van der Waals surface area contributed by atoms with E-state index in [1.54, 1.807) is 29.3 Å². The van der Waals surface area contributed by atoms with Gasteiger partial charge >= 0.3 is 6.03 Å². The van der Waals surface area contributed by atoms with Gasteiger partial charge in [0.2, 0.25) is 5.95 Å². The van der Waals surface area contributed by atoms with Gasteiger partial charge in [-0.15, -0.1) is 0 Å². The van der Waals surface area contributed by atoms with Crippen molar-refractivity contribution in [3.63, 3.8) is 0 Å². The van der Waals surface area contributed by atoms with Gasteiger partial charge in [-0.3, -0.25) is 4.79 Å². The van der Waals surface area contributed by atoms with Gasteiger partial charge in [-0.05, 0) is 36.8 Å². The van der Waals surface area contributed by atoms with Gasteiger partial charge in [-0.25, -0.2) is 14.8 Å². The Morgan fingerprint density at radius 2 is 1.69 bits per heavy atom. The molecule has 3 N–H and O–H groups in total. The number of aromatic nitrogens is 2. The van der Waals surface area contributed by atoms with Crippen LogP contribution in [0.15, 0.2) is 54.7 Å². The minimum atomic E-state index is -0.312. The third kappa shape index (κ3) is 6.84. The van der Waals surface area contributed by atoms with Gasteiger partial charge in [0, 0.05) is 43.6 Å². The van der Waals surface area contributed by atoms with Gasteiger partial charge < -0.3 is 25.6 Å². The Morgan fingerprint density at radius 1 is 0.972 bits per heavy atom. The van der Waals surface area contributed by atoms with Crippen LogP contribution in [-0.4, -0.2) is 66.2 Å². The third-order valence-electron chi connectivity index (χ3n) is 5.50. The zero-order valence-electron chi connectivity index (χ0n) is 19.5. The van der Waals surface area contributed by atoms with Crippen LogP contribution in [0, 0.1) is 0 Å². The number of amides is 3. The molecule has 1 fully saturated rings. The summed E-state index contributed by atoms with van der Waals surface area (Å²) in [5.74, 6) is 0.172. The lowest BCUT2D eigenvalue weighted by Crippen LogP contribution is -2.43. The number of carbonyl (C=O) groups excluding carboxylic acids is 2. The van der Waals surface area contributed by atoms with Crippen LogP contribution in [-0.2, 0) is 4.74 Å². The summed E-state index contributed by atoms with van der Waals surface area (Å²) >= 11 is 12.1. The number of morpholine rings is 1. The summed E-state index contributed by atoms with van der Waals surface area (Å²) in [7, 11) is 0. The second kappa shape index (κ2) is 12.5. The van der Waals surface area contributed by atoms with Gasteiger partial charge in [-0.2, -0.15) is 0 Å². The zero-order chi connectivity index (χ0) is 25.3. The third-order valence-corrected chi connectivity index (χ3v) is 6.13. The molecular weight excluding hydrogens is 503 g/mol. The van der Waals surface area contributed by atoms with E-state index in [4.69, 9.17) is 27.9 Å². The number of hydrogen-bond acceptors (Lipinski definition) is 6. The predicted octanol–water partition coefficient (Wildman–Crippen LogP) is 4.55. The quantitative estimate of drug-likeness (QED) is 0.370. The molecule has 188 valence electrons. The van der Waals surface area contributed by atoms with Crippen molar-refractivity contribution >= 4 is 46.8 Å². The van der Waals surface area contributed by atoms with Crippen molar-refractivity contribution in [3.8, 4) is 11.3 Å². The van der Waals surface area contributed by atoms with Crippen molar-refractivity contribution in [2.24, 2.45) is 0 Å². The fraction of sp³-hybridized carbons (Fsp3) is 0.280. The lowest BCUT2D eigenvalue weighted by Gasteiger charge is -2.26. The molecule has 2 heterocycles. The molecule has 1 aliphatic rings. The van der Waals surface area contributed by atoms with Crippen LogP contribution in [0.4, 0.5) is 16.4 Å². The van der Waals surface area contributed by atoms with Crippen molar-refractivity contribution in [2.75, 3.05) is 50.0 Å². The minimum Gasteiger partial charge on any atom is -0.378 e. The van der Waals surface area contributed by atoms with E-state index in [0.717, 1.165) is 11.3 Å². The van der Waals surface area contributed by atoms with Crippen LogP contribution in [0.3, 0.4) is 0 Å². The van der Waals surface area contributed by atoms with Crippen LogP contribution >= 0.6 is 23.2 Å². The Balaban J connectivity index is 1.25. The number of benzene rings is 2. The SMILES string of the molecule is O=C(NCCCNc1nccc(-c2ccc(NC(=O)N3CCOCC3)cc2)n1)c1c(Cl)cccc1Cl. The minimum absolute atomic E-state index is 0.134. The molecule has 0 radical (unpaired) electrons. The number of anilines is 2. The zero-order valence-corrected chi connectivity index (χ0v) is 21.0. The van der Waals surface area contributed by atoms with Gasteiger partial charge in [0.15, 0.2) is 0 Å². The Labute approximate surface area is 219 Å². The largest absolute Gasteiger partial charge is 0.378 e. The standard InChI is InChI=1S/C25H26Cl2N6O3/c26-19-3-1-4-20(27)22(19)23(34)28-10-2-11-29-24-30-12-9-21(32-24)17-5-7-18(8-6-17)31-25(35)33-13-15-36-16-14-33/h1,3-9,12H,2,10-11,13-16H2,(H,28,34)(H,31,35)(H,29,30,32). The van der Waals surface area contributed by atoms with E-state index >= 15 is 0 Å². The van der Waals surface area contributed by atoms with E-state index < -0.39 is 0 Å². The van der Waals surface area contributed by atoms with Crippen LogP contribution in [0.5, 0.6) is 0 Å². The van der Waals surface area contributed by atoms with Crippen molar-refractivity contribution in [3.05, 3.63) is 70.3 Å². The number of halogens is 2. The van der Waals surface area contributed by atoms with Crippen molar-refractivity contribution in [1.82, 2.24) is 20.2 Å². The number of hydrogen-bond donors (Lipinski definition) is 3. The molecule has 3 amide bonds. The van der Waals surface area contributed by atoms with Crippen molar-refractivity contribution in [1.29, 1.82) is 0 Å². The lowest BCUT2D eigenvalue weighted by atomic mass is 10.1. The van der Waals surface area contributed by atoms with E-state index in [-0.39, 0.29) is 17.5 Å². The molecule has 2 aromatic carbocycles. The maximum atomic E-state index is 12.3. The van der Waals surface area contributed by atoms with Crippen LogP contribution in [0.1, 0.15) is 16.8 Å². The smallest absolute Gasteiger partial charge is 0.321 e. The van der Waals surface area contributed by atoms with Gasteiger partial charge in [0.25, 0.3) is 5.91 Å². The first-order valence-electron chi connectivity index (χ1n) is 11.5. The molecule has 11 heteroatoms. The summed E-state index contributed by atoms with van der Waals surface area (Å²) < 4.78 is 5.28. The normalized spacial score (nSPS) is 13.2. The van der Waals surface area contributed by atoms with Crippen LogP contribution in [0.25, 0.3) is 11.3 Å². The molecule has 0 unspecified atom stereocenters. The van der Waals surface area contributed by atoms with E-state index in [1.165, 1.54) is 0 Å². The highest BCUT2D eigenvalue weighted by atomic mass is 35.5. The van der Waals surface area contributed by atoms with E-state index in [0.29, 0.717) is 67.5 Å². The fourth-order valence-electron chi connectivity index (χ4n) is 3.59. The molecule has 9 nitrogen and oxygen atoms in total. The second-order valence-electron chi connectivity index (χ2n) is 8.01. The number of carbonyl (C=O) groups is 2. The topological polar surface area (TPSA) is 108 Å². The lowest BCUT2D eigenvalue weighted by molar-refractivity contribution is 0.0564. The highest BCUT2D eigenvalue weighted by Gasteiger charge is 2.17. The van der Waals surface area contributed by atoms with Gasteiger partial charge in [-0.1, -0.05) is 41.4 Å². The Kier molecular flexibility index (Phi) is 8.94. The molecular formula is C25H26Cl2N6O3. The maximum absolute atomic E-state index is 12.3. The number of nitrogens with zero attached hydrogens (tertiary/aromatic N) is 3. The van der Waals surface area contributed by atoms with Crippen LogP contribution < -0.4 is 16.0 Å². The van der Waals surface area contributed by atoms with Gasteiger partial charge in [0.05, 0.1) is 34.5 Å². The average molecular weight is 529 g/mol. The molecule has 1 saturated heterocycles. The summed E-state index contributed by atoms with van der Waals surface area (Å²) in [6, 6.07) is 14.1. The van der Waals surface area contributed by atoms with Crippen molar-refractivity contribution in [2.45, 2.75) is 6.42 Å². The fourth-order valence-corrected chi connectivity index (χ4v) is 4.16. The first-order chi connectivity index (χ1) is 17.5. The molecule has 1 aromatic heterocycles. The number of nitrogens with one attached hydrogen (secondary N) is 3. The molecule has 36 heavy (non-hydrogen) atoms. The van der Waals surface area contributed by atoms with Crippen LogP contribution in [0.2, 0.25) is 10.0 Å². The van der Waals surface area contributed by atoms with E-state index in [9.17, 15) is 9.59 Å². The second-order valence-corrected chi connectivity index (χ2v) is 8.82. The highest BCUT2D eigenvalue weighted by Crippen LogP contribution is 2.24. The first-order valence-corrected chi connectivity index (χ1v) is 12.3. The highest BCUT2D eigenvalue weighted by molar-refractivity contribution is 6.39.